The summed E-state index contributed by atoms with van der Waals surface area (Å²) >= 11 is 3.55. The van der Waals surface area contributed by atoms with Gasteiger partial charge in [0.2, 0.25) is 0 Å². The molecule has 0 aromatic heterocycles. The molecule has 0 bridgehead atoms. The third-order valence-electron chi connectivity index (χ3n) is 2.90. The highest BCUT2D eigenvalue weighted by molar-refractivity contribution is 9.10. The average Bonchev–Trinajstić information content (AvgIpc) is 2.30. The zero-order valence-corrected chi connectivity index (χ0v) is 11.1. The maximum absolute atomic E-state index is 5.78. The number of halogens is 1. The van der Waals surface area contributed by atoms with E-state index in [-0.39, 0.29) is 6.29 Å². The summed E-state index contributed by atoms with van der Waals surface area (Å²) in [7, 11) is 0. The minimum absolute atomic E-state index is 0.0137. The van der Waals surface area contributed by atoms with Gasteiger partial charge in [0.1, 0.15) is 0 Å². The van der Waals surface area contributed by atoms with Crippen LogP contribution in [0.5, 0.6) is 0 Å². The summed E-state index contributed by atoms with van der Waals surface area (Å²) in [5.41, 5.74) is 2.47. The SMILES string of the molecule is Cc1cccc(Br)c1COC1CCCCO1. The number of hydrogen-bond donors (Lipinski definition) is 0. The van der Waals surface area contributed by atoms with E-state index in [0.29, 0.717) is 6.61 Å². The maximum Gasteiger partial charge on any atom is 0.158 e. The summed E-state index contributed by atoms with van der Waals surface area (Å²) in [6.45, 7) is 3.56. The highest BCUT2D eigenvalue weighted by atomic mass is 79.9. The van der Waals surface area contributed by atoms with Crippen molar-refractivity contribution in [3.8, 4) is 0 Å². The van der Waals surface area contributed by atoms with Gasteiger partial charge in [-0.2, -0.15) is 0 Å². The van der Waals surface area contributed by atoms with Crippen LogP contribution in [0.2, 0.25) is 0 Å². The summed E-state index contributed by atoms with van der Waals surface area (Å²) in [6.07, 6.45) is 3.37. The number of rotatable bonds is 3. The third kappa shape index (κ3) is 3.06. The number of benzene rings is 1. The van der Waals surface area contributed by atoms with E-state index in [1.165, 1.54) is 17.5 Å². The minimum atomic E-state index is -0.0137. The van der Waals surface area contributed by atoms with E-state index in [1.54, 1.807) is 0 Å². The quantitative estimate of drug-likeness (QED) is 0.841. The first-order valence-electron chi connectivity index (χ1n) is 5.74. The zero-order chi connectivity index (χ0) is 11.4. The largest absolute Gasteiger partial charge is 0.353 e. The van der Waals surface area contributed by atoms with Crippen LogP contribution in [0.1, 0.15) is 30.4 Å². The molecule has 0 amide bonds. The Balaban J connectivity index is 1.93. The van der Waals surface area contributed by atoms with Crippen LogP contribution >= 0.6 is 15.9 Å². The molecule has 88 valence electrons. The Bertz CT molecular complexity index is 326. The van der Waals surface area contributed by atoms with E-state index in [9.17, 15) is 0 Å². The lowest BCUT2D eigenvalue weighted by Gasteiger charge is -2.23. The van der Waals surface area contributed by atoms with Gasteiger partial charge in [-0.15, -0.1) is 0 Å². The van der Waals surface area contributed by atoms with Gasteiger partial charge < -0.3 is 9.47 Å². The Hall–Kier alpha value is -0.380. The molecule has 1 fully saturated rings. The number of hydrogen-bond acceptors (Lipinski definition) is 2. The molecule has 0 radical (unpaired) electrons. The first kappa shape index (κ1) is 12.1. The molecular formula is C13H17BrO2. The number of ether oxygens (including phenoxy) is 2. The zero-order valence-electron chi connectivity index (χ0n) is 9.54. The van der Waals surface area contributed by atoms with E-state index in [0.717, 1.165) is 23.9 Å². The molecular weight excluding hydrogens is 268 g/mol. The van der Waals surface area contributed by atoms with Crippen LogP contribution in [0.15, 0.2) is 22.7 Å². The van der Waals surface area contributed by atoms with Gasteiger partial charge in [0.25, 0.3) is 0 Å². The fourth-order valence-corrected chi connectivity index (χ4v) is 2.45. The van der Waals surface area contributed by atoms with Gasteiger partial charge in [-0.05, 0) is 43.4 Å². The standard InChI is InChI=1S/C13H17BrO2/c1-10-5-4-6-12(14)11(10)9-16-13-7-2-3-8-15-13/h4-6,13H,2-3,7-9H2,1H3. The molecule has 0 saturated carbocycles. The Morgan fingerprint density at radius 3 is 3.00 bits per heavy atom. The first-order chi connectivity index (χ1) is 7.77. The van der Waals surface area contributed by atoms with Gasteiger partial charge in [0.15, 0.2) is 6.29 Å². The van der Waals surface area contributed by atoms with Crippen LogP contribution in [-0.4, -0.2) is 12.9 Å². The molecule has 2 nitrogen and oxygen atoms in total. The van der Waals surface area contributed by atoms with Crippen molar-refractivity contribution in [3.63, 3.8) is 0 Å². The first-order valence-corrected chi connectivity index (χ1v) is 6.54. The monoisotopic (exact) mass is 284 g/mol. The summed E-state index contributed by atoms with van der Waals surface area (Å²) in [6, 6.07) is 6.19. The van der Waals surface area contributed by atoms with Crippen molar-refractivity contribution in [1.29, 1.82) is 0 Å². The van der Waals surface area contributed by atoms with Gasteiger partial charge in [0.05, 0.1) is 6.61 Å². The molecule has 1 atom stereocenters. The molecule has 1 aliphatic heterocycles. The highest BCUT2D eigenvalue weighted by Gasteiger charge is 2.15. The number of aryl methyl sites for hydroxylation is 1. The molecule has 1 saturated heterocycles. The second-order valence-electron chi connectivity index (χ2n) is 4.14. The summed E-state index contributed by atoms with van der Waals surface area (Å²) < 4.78 is 12.4. The smallest absolute Gasteiger partial charge is 0.158 e. The van der Waals surface area contributed by atoms with Gasteiger partial charge in [0, 0.05) is 11.1 Å². The van der Waals surface area contributed by atoms with Crippen LogP contribution in [0.25, 0.3) is 0 Å². The van der Waals surface area contributed by atoms with Gasteiger partial charge >= 0.3 is 0 Å². The van der Waals surface area contributed by atoms with E-state index >= 15 is 0 Å². The summed E-state index contributed by atoms with van der Waals surface area (Å²) in [4.78, 5) is 0. The molecule has 1 aromatic rings. The Labute approximate surface area is 105 Å². The molecule has 0 aliphatic carbocycles. The second-order valence-corrected chi connectivity index (χ2v) is 5.00. The Kier molecular flexibility index (Phi) is 4.38. The predicted molar refractivity (Wildman–Crippen MR) is 67.3 cm³/mol. The normalized spacial score (nSPS) is 21.0. The molecule has 0 spiro atoms. The second kappa shape index (κ2) is 5.80. The van der Waals surface area contributed by atoms with Crippen molar-refractivity contribution in [2.24, 2.45) is 0 Å². The van der Waals surface area contributed by atoms with Gasteiger partial charge in [-0.25, -0.2) is 0 Å². The van der Waals surface area contributed by atoms with Crippen LogP contribution in [0.4, 0.5) is 0 Å². The fraction of sp³-hybridized carbons (Fsp3) is 0.538. The summed E-state index contributed by atoms with van der Waals surface area (Å²) in [5, 5.41) is 0. The molecule has 2 rings (SSSR count). The van der Waals surface area contributed by atoms with Crippen molar-refractivity contribution in [2.75, 3.05) is 6.61 Å². The Morgan fingerprint density at radius 1 is 1.44 bits per heavy atom. The van der Waals surface area contributed by atoms with Crippen molar-refractivity contribution < 1.29 is 9.47 Å². The fourth-order valence-electron chi connectivity index (χ4n) is 1.87. The predicted octanol–water partition coefficient (Wildman–Crippen LogP) is 3.80. The minimum Gasteiger partial charge on any atom is -0.353 e. The van der Waals surface area contributed by atoms with E-state index in [2.05, 4.69) is 28.9 Å². The van der Waals surface area contributed by atoms with Crippen LogP contribution in [-0.2, 0) is 16.1 Å². The molecule has 1 aliphatic rings. The topological polar surface area (TPSA) is 18.5 Å². The molecule has 1 aromatic carbocycles. The van der Waals surface area contributed by atoms with Gasteiger partial charge in [-0.1, -0.05) is 28.1 Å². The maximum atomic E-state index is 5.78. The molecule has 16 heavy (non-hydrogen) atoms. The van der Waals surface area contributed by atoms with Crippen molar-refractivity contribution in [3.05, 3.63) is 33.8 Å². The van der Waals surface area contributed by atoms with Gasteiger partial charge in [-0.3, -0.25) is 0 Å². The van der Waals surface area contributed by atoms with E-state index in [1.807, 2.05) is 12.1 Å². The van der Waals surface area contributed by atoms with Crippen molar-refractivity contribution in [2.45, 2.75) is 39.1 Å². The van der Waals surface area contributed by atoms with Crippen LogP contribution in [0.3, 0.4) is 0 Å². The lowest BCUT2D eigenvalue weighted by atomic mass is 10.1. The average molecular weight is 285 g/mol. The van der Waals surface area contributed by atoms with Crippen LogP contribution < -0.4 is 0 Å². The lowest BCUT2D eigenvalue weighted by molar-refractivity contribution is -0.169. The van der Waals surface area contributed by atoms with Crippen molar-refractivity contribution >= 4 is 15.9 Å². The molecule has 1 heterocycles. The van der Waals surface area contributed by atoms with E-state index < -0.39 is 0 Å². The molecule has 1 unspecified atom stereocenters. The lowest BCUT2D eigenvalue weighted by Crippen LogP contribution is -2.22. The third-order valence-corrected chi connectivity index (χ3v) is 3.65. The molecule has 0 N–H and O–H groups in total. The highest BCUT2D eigenvalue weighted by Crippen LogP contribution is 2.23. The van der Waals surface area contributed by atoms with Crippen molar-refractivity contribution in [1.82, 2.24) is 0 Å². The van der Waals surface area contributed by atoms with E-state index in [4.69, 9.17) is 9.47 Å². The Morgan fingerprint density at radius 2 is 2.31 bits per heavy atom. The molecule has 3 heteroatoms. The van der Waals surface area contributed by atoms with Crippen LogP contribution in [0, 0.1) is 6.92 Å². The summed E-state index contributed by atoms with van der Waals surface area (Å²) in [5.74, 6) is 0.